The number of nitrogens with zero attached hydrogens (tertiary/aromatic N) is 1. The van der Waals surface area contributed by atoms with Crippen LogP contribution in [0.15, 0.2) is 0 Å². The molecule has 0 radical (unpaired) electrons. The van der Waals surface area contributed by atoms with Gasteiger partial charge in [0.05, 0.1) is 0 Å². The van der Waals surface area contributed by atoms with Crippen LogP contribution < -0.4 is 5.73 Å². The fourth-order valence-electron chi connectivity index (χ4n) is 1.95. The van der Waals surface area contributed by atoms with Crippen molar-refractivity contribution < 1.29 is 0 Å². The molecular formula is C11H24N2S. The maximum Gasteiger partial charge on any atom is 0.0191 e. The van der Waals surface area contributed by atoms with Gasteiger partial charge < -0.3 is 10.6 Å². The highest BCUT2D eigenvalue weighted by molar-refractivity contribution is 7.99. The van der Waals surface area contributed by atoms with Gasteiger partial charge in [-0.05, 0) is 25.6 Å². The van der Waals surface area contributed by atoms with Gasteiger partial charge in [0.1, 0.15) is 0 Å². The Morgan fingerprint density at radius 1 is 1.57 bits per heavy atom. The van der Waals surface area contributed by atoms with Gasteiger partial charge in [-0.3, -0.25) is 0 Å². The third-order valence-corrected chi connectivity index (χ3v) is 4.12. The van der Waals surface area contributed by atoms with Gasteiger partial charge in [0, 0.05) is 24.4 Å². The lowest BCUT2D eigenvalue weighted by atomic mass is 10.1. The number of likely N-dealkylation sites (N-methyl/N-ethyl adjacent to an activating group) is 1. The van der Waals surface area contributed by atoms with Crippen molar-refractivity contribution in [3.05, 3.63) is 0 Å². The Morgan fingerprint density at radius 2 is 2.36 bits per heavy atom. The quantitative estimate of drug-likeness (QED) is 0.736. The van der Waals surface area contributed by atoms with E-state index in [2.05, 4.69) is 30.6 Å². The smallest absolute Gasteiger partial charge is 0.0191 e. The number of thioether (sulfide) groups is 1. The highest BCUT2D eigenvalue weighted by Crippen LogP contribution is 2.21. The summed E-state index contributed by atoms with van der Waals surface area (Å²) in [6.45, 7) is 3.30. The van der Waals surface area contributed by atoms with E-state index in [0.29, 0.717) is 6.04 Å². The van der Waals surface area contributed by atoms with E-state index < -0.39 is 0 Å². The molecule has 1 fully saturated rings. The van der Waals surface area contributed by atoms with Gasteiger partial charge >= 0.3 is 0 Å². The lowest BCUT2D eigenvalue weighted by molar-refractivity contribution is 0.241. The first-order chi connectivity index (χ1) is 6.74. The molecule has 0 aromatic carbocycles. The zero-order valence-corrected chi connectivity index (χ0v) is 10.4. The zero-order valence-electron chi connectivity index (χ0n) is 9.54. The van der Waals surface area contributed by atoms with Crippen LogP contribution in [0.3, 0.4) is 0 Å². The van der Waals surface area contributed by atoms with Crippen LogP contribution in [0.4, 0.5) is 0 Å². The Bertz CT molecular complexity index is 146. The molecule has 0 bridgehead atoms. The number of unbranched alkanes of at least 4 members (excludes halogenated alkanes) is 1. The molecule has 0 saturated carbocycles. The van der Waals surface area contributed by atoms with E-state index in [0.717, 1.165) is 12.6 Å². The second kappa shape index (κ2) is 6.70. The molecule has 1 aliphatic rings. The van der Waals surface area contributed by atoms with Gasteiger partial charge in [-0.1, -0.05) is 19.8 Å². The van der Waals surface area contributed by atoms with Gasteiger partial charge in [-0.25, -0.2) is 0 Å². The van der Waals surface area contributed by atoms with Crippen LogP contribution in [-0.4, -0.2) is 42.1 Å². The SMILES string of the molecule is CCCCC(N)CN(C)C1CCSC1. The molecule has 2 atom stereocenters. The average molecular weight is 216 g/mol. The summed E-state index contributed by atoms with van der Waals surface area (Å²) in [6.07, 6.45) is 5.06. The summed E-state index contributed by atoms with van der Waals surface area (Å²) in [6, 6.07) is 1.17. The Morgan fingerprint density at radius 3 is 2.93 bits per heavy atom. The summed E-state index contributed by atoms with van der Waals surface area (Å²) in [4.78, 5) is 2.46. The molecule has 2 unspecified atom stereocenters. The maximum absolute atomic E-state index is 6.08. The summed E-state index contributed by atoms with van der Waals surface area (Å²) in [5.41, 5.74) is 6.08. The van der Waals surface area contributed by atoms with Crippen molar-refractivity contribution in [3.8, 4) is 0 Å². The molecule has 14 heavy (non-hydrogen) atoms. The minimum Gasteiger partial charge on any atom is -0.327 e. The molecule has 1 aliphatic heterocycles. The second-order valence-corrected chi connectivity index (χ2v) is 5.51. The molecule has 1 saturated heterocycles. The number of hydrogen-bond acceptors (Lipinski definition) is 3. The van der Waals surface area contributed by atoms with E-state index in [1.165, 1.54) is 37.2 Å². The number of hydrogen-bond donors (Lipinski definition) is 1. The standard InChI is InChI=1S/C11H24N2S/c1-3-4-5-10(12)8-13(2)11-6-7-14-9-11/h10-11H,3-9,12H2,1-2H3. The molecule has 3 heteroatoms. The first-order valence-electron chi connectivity index (χ1n) is 5.77. The van der Waals surface area contributed by atoms with E-state index in [-0.39, 0.29) is 0 Å². The molecule has 1 rings (SSSR count). The molecular weight excluding hydrogens is 192 g/mol. The molecule has 0 aromatic heterocycles. The normalized spacial score (nSPS) is 24.4. The van der Waals surface area contributed by atoms with Gasteiger partial charge in [0.25, 0.3) is 0 Å². The summed E-state index contributed by atoms with van der Waals surface area (Å²) in [5.74, 6) is 2.64. The number of rotatable bonds is 6. The van der Waals surface area contributed by atoms with Gasteiger partial charge in [-0.2, -0.15) is 11.8 Å². The van der Waals surface area contributed by atoms with Gasteiger partial charge in [0.15, 0.2) is 0 Å². The first-order valence-corrected chi connectivity index (χ1v) is 6.93. The Balaban J connectivity index is 2.14. The van der Waals surface area contributed by atoms with Crippen LogP contribution in [0.1, 0.15) is 32.6 Å². The van der Waals surface area contributed by atoms with Crippen molar-refractivity contribution in [1.29, 1.82) is 0 Å². The summed E-state index contributed by atoms with van der Waals surface area (Å²) in [7, 11) is 2.22. The molecule has 2 N–H and O–H groups in total. The van der Waals surface area contributed by atoms with E-state index in [9.17, 15) is 0 Å². The Hall–Kier alpha value is 0.270. The van der Waals surface area contributed by atoms with Crippen LogP contribution >= 0.6 is 11.8 Å². The first kappa shape index (κ1) is 12.3. The van der Waals surface area contributed by atoms with Crippen molar-refractivity contribution in [2.45, 2.75) is 44.7 Å². The topological polar surface area (TPSA) is 29.3 Å². The fourth-order valence-corrected chi connectivity index (χ4v) is 3.24. The second-order valence-electron chi connectivity index (χ2n) is 4.36. The predicted molar refractivity (Wildman–Crippen MR) is 65.9 cm³/mol. The van der Waals surface area contributed by atoms with Crippen LogP contribution in [0.5, 0.6) is 0 Å². The molecule has 0 spiro atoms. The van der Waals surface area contributed by atoms with E-state index >= 15 is 0 Å². The van der Waals surface area contributed by atoms with E-state index in [1.54, 1.807) is 0 Å². The van der Waals surface area contributed by atoms with Crippen molar-refractivity contribution in [1.82, 2.24) is 4.90 Å². The molecule has 0 aliphatic carbocycles. The lowest BCUT2D eigenvalue weighted by Gasteiger charge is -2.26. The Labute approximate surface area is 92.6 Å². The van der Waals surface area contributed by atoms with Crippen molar-refractivity contribution in [3.63, 3.8) is 0 Å². The van der Waals surface area contributed by atoms with Crippen LogP contribution in [0.2, 0.25) is 0 Å². The summed E-state index contributed by atoms with van der Waals surface area (Å²) in [5, 5.41) is 0. The average Bonchev–Trinajstić information content (AvgIpc) is 2.67. The molecule has 0 aromatic rings. The third kappa shape index (κ3) is 4.20. The van der Waals surface area contributed by atoms with Crippen molar-refractivity contribution in [2.24, 2.45) is 5.73 Å². The maximum atomic E-state index is 6.08. The summed E-state index contributed by atoms with van der Waals surface area (Å²) < 4.78 is 0. The Kier molecular flexibility index (Phi) is 5.90. The zero-order chi connectivity index (χ0) is 10.4. The molecule has 84 valence electrons. The van der Waals surface area contributed by atoms with Crippen LogP contribution in [-0.2, 0) is 0 Å². The third-order valence-electron chi connectivity index (χ3n) is 2.98. The summed E-state index contributed by atoms with van der Waals surface area (Å²) >= 11 is 2.07. The van der Waals surface area contributed by atoms with E-state index in [4.69, 9.17) is 5.73 Å². The monoisotopic (exact) mass is 216 g/mol. The van der Waals surface area contributed by atoms with Crippen LogP contribution in [0.25, 0.3) is 0 Å². The minimum absolute atomic E-state index is 0.380. The van der Waals surface area contributed by atoms with Crippen molar-refractivity contribution >= 4 is 11.8 Å². The highest BCUT2D eigenvalue weighted by Gasteiger charge is 2.20. The molecule has 1 heterocycles. The largest absolute Gasteiger partial charge is 0.327 e. The van der Waals surface area contributed by atoms with Crippen molar-refractivity contribution in [2.75, 3.05) is 25.1 Å². The lowest BCUT2D eigenvalue weighted by Crippen LogP contribution is -2.41. The van der Waals surface area contributed by atoms with Gasteiger partial charge in [0.2, 0.25) is 0 Å². The predicted octanol–water partition coefficient (Wildman–Crippen LogP) is 1.94. The molecule has 2 nitrogen and oxygen atoms in total. The minimum atomic E-state index is 0.380. The van der Waals surface area contributed by atoms with Crippen LogP contribution in [0, 0.1) is 0 Å². The number of nitrogens with two attached hydrogens (primary N) is 1. The molecule has 0 amide bonds. The highest BCUT2D eigenvalue weighted by atomic mass is 32.2. The fraction of sp³-hybridized carbons (Fsp3) is 1.00. The van der Waals surface area contributed by atoms with E-state index in [1.807, 2.05) is 0 Å². The van der Waals surface area contributed by atoms with Gasteiger partial charge in [-0.15, -0.1) is 0 Å².